The van der Waals surface area contributed by atoms with Gasteiger partial charge in [-0.2, -0.15) is 10.2 Å². The van der Waals surface area contributed by atoms with Crippen LogP contribution in [0.5, 0.6) is 0 Å². The van der Waals surface area contributed by atoms with Gasteiger partial charge in [0.15, 0.2) is 0 Å². The van der Waals surface area contributed by atoms with Crippen molar-refractivity contribution in [3.63, 3.8) is 0 Å². The van der Waals surface area contributed by atoms with Crippen LogP contribution in [0.15, 0.2) is 120 Å². The van der Waals surface area contributed by atoms with Crippen LogP contribution in [0.2, 0.25) is 0 Å². The first-order valence-electron chi connectivity index (χ1n) is 24.2. The SMILES string of the molecule is CC[C@H]1CN(C(=O)OCc2ccccc2)C[C@H]1Nc1c(C(N)=O)cnn2cc(-c3ccc(CNC(=O)COC)nc3)cc12.CC[C@H]1CN(C(=O)OCc2ccccc2)C[C@H]1Nc1c(C(N)=O)cnn2cc(Br)cc12. The van der Waals surface area contributed by atoms with Gasteiger partial charge >= 0.3 is 12.2 Å². The number of amides is 5. The average Bonchev–Trinajstić information content (AvgIpc) is 4.23. The number of benzene rings is 2. The number of anilines is 2. The number of carbonyl (C=O) groups is 5. The molecule has 0 saturated carbocycles. The zero-order chi connectivity index (χ0) is 52.3. The standard InChI is InChI=1S/C31H35N7O5.C22H24BrN5O3/c1-3-21-15-37(31(41)43-18-20-7-5-4-6-8-20)17-26(21)36-29-25(30(32)40)14-35-38-16-23(11-27(29)38)22-9-10-24(33-12-22)13-34-28(39)19-42-2;1-2-15-10-27(22(30)31-13-14-6-4-3-5-7-14)12-18(15)26-20-17(21(24)29)9-25-28-11-16(23)8-19(20)28/h4-12,14,16,21,26,36H,3,13,15,17-19H2,1-2H3,(H2,32,40)(H,34,39);3-9,11,15,18,26H,2,10,12-13H2,1H3,(H2,24,29)/t21-,26+;15-,18+/m00/s1. The minimum atomic E-state index is -0.605. The summed E-state index contributed by atoms with van der Waals surface area (Å²) in [5.74, 6) is -1.04. The molecule has 9 rings (SSSR count). The van der Waals surface area contributed by atoms with Gasteiger partial charge in [0.05, 0.1) is 58.2 Å². The number of methoxy groups -OCH3 is 1. The van der Waals surface area contributed by atoms with E-state index in [1.54, 1.807) is 25.0 Å². The third kappa shape index (κ3) is 12.6. The predicted molar refractivity (Wildman–Crippen MR) is 281 cm³/mol. The van der Waals surface area contributed by atoms with Gasteiger partial charge in [0.1, 0.15) is 19.8 Å². The van der Waals surface area contributed by atoms with Crippen LogP contribution in [-0.4, -0.2) is 116 Å². The zero-order valence-electron chi connectivity index (χ0n) is 41.3. The van der Waals surface area contributed by atoms with Crippen LogP contribution in [0.25, 0.3) is 22.2 Å². The maximum absolute atomic E-state index is 12.9. The molecule has 20 nitrogen and oxygen atoms in total. The molecule has 4 atom stereocenters. The molecule has 2 aliphatic heterocycles. The highest BCUT2D eigenvalue weighted by molar-refractivity contribution is 9.10. The van der Waals surface area contributed by atoms with Gasteiger partial charge in [-0.25, -0.2) is 18.6 Å². The molecule has 0 radical (unpaired) electrons. The van der Waals surface area contributed by atoms with Gasteiger partial charge in [-0.05, 0) is 69.9 Å². The van der Waals surface area contributed by atoms with Crippen LogP contribution in [-0.2, 0) is 38.8 Å². The Hall–Kier alpha value is -8.04. The topological polar surface area (TPSA) is 255 Å². The summed E-state index contributed by atoms with van der Waals surface area (Å²) in [6, 6.07) is 26.5. The van der Waals surface area contributed by atoms with E-state index in [0.29, 0.717) is 54.3 Å². The molecule has 2 fully saturated rings. The number of carbonyl (C=O) groups excluding carboxylic acids is 5. The number of fused-ring (bicyclic) bond motifs is 2. The second kappa shape index (κ2) is 24.1. The smallest absolute Gasteiger partial charge is 0.410 e. The van der Waals surface area contributed by atoms with Crippen molar-refractivity contribution in [3.8, 4) is 11.1 Å². The van der Waals surface area contributed by atoms with E-state index in [2.05, 4.69) is 60.9 Å². The number of hydrogen-bond donors (Lipinski definition) is 5. The Balaban J connectivity index is 0.000000208. The fourth-order valence-corrected chi connectivity index (χ4v) is 9.59. The predicted octanol–water partition coefficient (Wildman–Crippen LogP) is 6.87. The van der Waals surface area contributed by atoms with E-state index < -0.39 is 11.8 Å². The molecule has 7 heterocycles. The van der Waals surface area contributed by atoms with Gasteiger partial charge in [-0.3, -0.25) is 19.4 Å². The first-order valence-corrected chi connectivity index (χ1v) is 25.0. The summed E-state index contributed by atoms with van der Waals surface area (Å²) in [5, 5.41) is 18.4. The fourth-order valence-electron chi connectivity index (χ4n) is 9.17. The first-order chi connectivity index (χ1) is 35.8. The Kier molecular flexibility index (Phi) is 17.0. The molecule has 0 spiro atoms. The van der Waals surface area contributed by atoms with Crippen LogP contribution in [0.1, 0.15) is 64.2 Å². The largest absolute Gasteiger partial charge is 0.445 e. The minimum absolute atomic E-state index is 0.0116. The van der Waals surface area contributed by atoms with E-state index in [1.165, 1.54) is 19.5 Å². The van der Waals surface area contributed by atoms with Crippen molar-refractivity contribution in [3.05, 3.63) is 148 Å². The number of rotatable bonds is 17. The van der Waals surface area contributed by atoms with Gasteiger partial charge in [0.25, 0.3) is 11.8 Å². The maximum atomic E-state index is 12.9. The zero-order valence-corrected chi connectivity index (χ0v) is 42.9. The number of primary amides is 2. The van der Waals surface area contributed by atoms with Gasteiger partial charge in [0.2, 0.25) is 5.91 Å². The molecule has 5 aromatic heterocycles. The molecule has 5 amide bonds. The monoisotopic (exact) mass is 1070 g/mol. The number of nitrogens with two attached hydrogens (primary N) is 2. The van der Waals surface area contributed by atoms with Crippen LogP contribution < -0.4 is 27.4 Å². The quantitative estimate of drug-likeness (QED) is 0.0625. The van der Waals surface area contributed by atoms with Crippen molar-refractivity contribution < 1.29 is 38.2 Å². The molecule has 21 heteroatoms. The summed E-state index contributed by atoms with van der Waals surface area (Å²) in [4.78, 5) is 69.6. The lowest BCUT2D eigenvalue weighted by molar-refractivity contribution is -0.124. The number of halogens is 1. The number of likely N-dealkylation sites (tertiary alicyclic amines) is 2. The summed E-state index contributed by atoms with van der Waals surface area (Å²) in [6.45, 7) is 6.88. The summed E-state index contributed by atoms with van der Waals surface area (Å²) in [7, 11) is 1.46. The second-order valence-corrected chi connectivity index (χ2v) is 19.0. The lowest BCUT2D eigenvalue weighted by Crippen LogP contribution is -2.33. The number of hydrogen-bond acceptors (Lipinski definition) is 13. The number of ether oxygens (including phenoxy) is 3. The van der Waals surface area contributed by atoms with E-state index in [4.69, 9.17) is 25.7 Å². The Morgan fingerprint density at radius 2 is 1.18 bits per heavy atom. The van der Waals surface area contributed by atoms with E-state index in [0.717, 1.165) is 45.1 Å². The van der Waals surface area contributed by atoms with Crippen LogP contribution in [0, 0.1) is 11.8 Å². The number of nitrogens with zero attached hydrogens (tertiary/aromatic N) is 7. The number of pyridine rings is 1. The summed E-state index contributed by atoms with van der Waals surface area (Å²) < 4.78 is 20.1. The molecular weight excluding hydrogens is 1010 g/mol. The number of aromatic nitrogens is 5. The minimum Gasteiger partial charge on any atom is -0.445 e. The van der Waals surface area contributed by atoms with Gasteiger partial charge < -0.3 is 51.4 Å². The summed E-state index contributed by atoms with van der Waals surface area (Å²) in [6.07, 6.45) is 9.28. The average molecular weight is 1070 g/mol. The van der Waals surface area contributed by atoms with E-state index in [9.17, 15) is 24.0 Å². The normalized spacial score (nSPS) is 17.1. The molecule has 2 saturated heterocycles. The second-order valence-electron chi connectivity index (χ2n) is 18.1. The highest BCUT2D eigenvalue weighted by Crippen LogP contribution is 2.33. The summed E-state index contributed by atoms with van der Waals surface area (Å²) >= 11 is 3.45. The molecule has 0 aliphatic carbocycles. The molecule has 386 valence electrons. The maximum Gasteiger partial charge on any atom is 0.410 e. The van der Waals surface area contributed by atoms with Crippen molar-refractivity contribution in [2.24, 2.45) is 23.3 Å². The van der Waals surface area contributed by atoms with Gasteiger partial charge in [0, 0.05) is 79.6 Å². The molecule has 7 aromatic rings. The van der Waals surface area contributed by atoms with Crippen LogP contribution in [0.4, 0.5) is 21.0 Å². The number of nitrogens with one attached hydrogen (secondary N) is 3. The van der Waals surface area contributed by atoms with Crippen molar-refractivity contribution in [1.82, 2.24) is 39.3 Å². The third-order valence-corrected chi connectivity index (χ3v) is 13.6. The summed E-state index contributed by atoms with van der Waals surface area (Å²) in [5.41, 5.74) is 18.8. The molecule has 7 N–H and O–H groups in total. The lowest BCUT2D eigenvalue weighted by atomic mass is 10.00. The van der Waals surface area contributed by atoms with Crippen molar-refractivity contribution in [1.29, 1.82) is 0 Å². The van der Waals surface area contributed by atoms with Crippen LogP contribution >= 0.6 is 15.9 Å². The van der Waals surface area contributed by atoms with E-state index in [1.807, 2.05) is 97.3 Å². The van der Waals surface area contributed by atoms with Crippen molar-refractivity contribution in [2.75, 3.05) is 50.5 Å². The third-order valence-electron chi connectivity index (χ3n) is 13.2. The molecular formula is C53H59BrN12O8. The van der Waals surface area contributed by atoms with Crippen molar-refractivity contribution in [2.45, 2.75) is 58.5 Å². The van der Waals surface area contributed by atoms with Gasteiger partial charge in [-0.15, -0.1) is 0 Å². The Labute approximate surface area is 435 Å². The van der Waals surface area contributed by atoms with Gasteiger partial charge in [-0.1, -0.05) is 80.6 Å². The first kappa shape index (κ1) is 52.3. The van der Waals surface area contributed by atoms with Crippen molar-refractivity contribution >= 4 is 68.2 Å². The molecule has 74 heavy (non-hydrogen) atoms. The van der Waals surface area contributed by atoms with E-state index in [-0.39, 0.29) is 73.9 Å². The Bertz CT molecular complexity index is 3100. The Morgan fingerprint density at radius 3 is 1.65 bits per heavy atom. The fraction of sp³-hybridized carbons (Fsp3) is 0.321. The molecule has 0 bridgehead atoms. The lowest BCUT2D eigenvalue weighted by Gasteiger charge is -2.21. The molecule has 0 unspecified atom stereocenters. The molecule has 2 aliphatic rings. The van der Waals surface area contributed by atoms with E-state index >= 15 is 0 Å². The highest BCUT2D eigenvalue weighted by Gasteiger charge is 2.37. The Morgan fingerprint density at radius 1 is 0.662 bits per heavy atom. The highest BCUT2D eigenvalue weighted by atomic mass is 79.9. The molecule has 2 aromatic carbocycles. The van der Waals surface area contributed by atoms with Crippen LogP contribution in [0.3, 0.4) is 0 Å².